The Bertz CT molecular complexity index is 1040. The highest BCUT2D eigenvalue weighted by Gasteiger charge is 2.51. The van der Waals surface area contributed by atoms with Crippen LogP contribution in [-0.2, 0) is 19.3 Å². The monoisotopic (exact) mass is 460 g/mol. The van der Waals surface area contributed by atoms with Crippen molar-refractivity contribution in [3.05, 3.63) is 54.1 Å². The molecule has 0 spiro atoms. The second-order valence-corrected chi connectivity index (χ2v) is 10.4. The second kappa shape index (κ2) is 9.13. The Morgan fingerprint density at radius 3 is 2.09 bits per heavy atom. The molecule has 1 aliphatic rings. The highest BCUT2D eigenvalue weighted by Crippen LogP contribution is 2.36. The van der Waals surface area contributed by atoms with Crippen molar-refractivity contribution in [1.29, 1.82) is 0 Å². The van der Waals surface area contributed by atoms with Crippen molar-refractivity contribution in [3.63, 3.8) is 0 Å². The second-order valence-electron chi connectivity index (χ2n) is 8.68. The zero-order valence-electron chi connectivity index (χ0n) is 19.0. The number of carbonyl (C=O) groups is 1. The van der Waals surface area contributed by atoms with Crippen LogP contribution in [0.1, 0.15) is 33.3 Å². The van der Waals surface area contributed by atoms with Gasteiger partial charge < -0.3 is 19.4 Å². The van der Waals surface area contributed by atoms with Crippen molar-refractivity contribution < 1.29 is 27.3 Å². The molecule has 172 valence electrons. The zero-order valence-corrected chi connectivity index (χ0v) is 19.8. The van der Waals surface area contributed by atoms with Gasteiger partial charge in [0.1, 0.15) is 12.4 Å². The van der Waals surface area contributed by atoms with Gasteiger partial charge in [-0.1, -0.05) is 29.8 Å². The van der Waals surface area contributed by atoms with Crippen LogP contribution in [0.15, 0.2) is 53.4 Å². The van der Waals surface area contributed by atoms with E-state index < -0.39 is 34.4 Å². The molecule has 0 aromatic heterocycles. The van der Waals surface area contributed by atoms with Crippen LogP contribution >= 0.6 is 0 Å². The molecule has 2 amide bonds. The number of rotatable bonds is 7. The third kappa shape index (κ3) is 5.62. The summed E-state index contributed by atoms with van der Waals surface area (Å²) in [5.41, 5.74) is 0.988. The van der Waals surface area contributed by atoms with Gasteiger partial charge >= 0.3 is 13.1 Å². The van der Waals surface area contributed by atoms with Gasteiger partial charge in [0.2, 0.25) is 0 Å². The maximum Gasteiger partial charge on any atom is 0.494 e. The predicted octanol–water partition coefficient (Wildman–Crippen LogP) is 2.36. The molecule has 8 nitrogen and oxygen atoms in total. The Morgan fingerprint density at radius 1 is 0.969 bits per heavy atom. The molecule has 1 saturated heterocycles. The topological polar surface area (TPSA) is 103 Å². The molecule has 2 aromatic rings. The van der Waals surface area contributed by atoms with Crippen molar-refractivity contribution in [2.45, 2.75) is 50.7 Å². The van der Waals surface area contributed by atoms with E-state index in [0.717, 1.165) is 11.0 Å². The fraction of sp³-hybridized carbons (Fsp3) is 0.409. The summed E-state index contributed by atoms with van der Waals surface area (Å²) < 4.78 is 44.1. The molecule has 1 heterocycles. The van der Waals surface area contributed by atoms with E-state index in [9.17, 15) is 13.2 Å². The van der Waals surface area contributed by atoms with Crippen LogP contribution in [0.25, 0.3) is 0 Å². The zero-order chi connectivity index (χ0) is 23.6. The highest BCUT2D eigenvalue weighted by molar-refractivity contribution is 7.90. The molecule has 32 heavy (non-hydrogen) atoms. The maximum absolute atomic E-state index is 12.2. The summed E-state index contributed by atoms with van der Waals surface area (Å²) in [6.07, 6.45) is 0. The minimum absolute atomic E-state index is 0.0246. The normalized spacial score (nSPS) is 17.1. The van der Waals surface area contributed by atoms with E-state index in [1.807, 2.05) is 51.5 Å². The number of carbonyl (C=O) groups excluding carboxylic acids is 1. The van der Waals surface area contributed by atoms with Gasteiger partial charge in [0.25, 0.3) is 10.0 Å². The average molecular weight is 460 g/mol. The smallest absolute Gasteiger partial charge is 0.492 e. The van der Waals surface area contributed by atoms with Gasteiger partial charge in [-0.15, -0.1) is 0 Å². The number of sulfonamides is 1. The Labute approximate surface area is 189 Å². The fourth-order valence-corrected chi connectivity index (χ4v) is 3.90. The standard InChI is InChI=1S/C22H29BN2O6S/c1-16-6-12-19(13-7-16)32(27,28)25-20(26)24-14-15-29-18-10-8-17(9-11-18)23-30-21(2,3)22(4,5)31-23/h6-13H,14-15H2,1-5H3,(H2,24,25,26). The lowest BCUT2D eigenvalue weighted by atomic mass is 9.79. The number of urea groups is 1. The molecule has 0 radical (unpaired) electrons. The lowest BCUT2D eigenvalue weighted by Gasteiger charge is -2.32. The number of ether oxygens (including phenoxy) is 1. The molecule has 2 N–H and O–H groups in total. The first kappa shape index (κ1) is 24.1. The van der Waals surface area contributed by atoms with Gasteiger partial charge in [-0.2, -0.15) is 0 Å². The van der Waals surface area contributed by atoms with E-state index in [2.05, 4.69) is 5.32 Å². The van der Waals surface area contributed by atoms with E-state index in [0.29, 0.717) is 5.75 Å². The van der Waals surface area contributed by atoms with Crippen LogP contribution in [0.3, 0.4) is 0 Å². The quantitative estimate of drug-likeness (QED) is 0.486. The Balaban J connectivity index is 1.44. The van der Waals surface area contributed by atoms with Gasteiger partial charge in [0, 0.05) is 0 Å². The number of amides is 2. The summed E-state index contributed by atoms with van der Waals surface area (Å²) in [6, 6.07) is 12.7. The summed E-state index contributed by atoms with van der Waals surface area (Å²) in [5.74, 6) is 0.611. The van der Waals surface area contributed by atoms with Crippen LogP contribution in [0, 0.1) is 6.92 Å². The maximum atomic E-state index is 12.2. The minimum Gasteiger partial charge on any atom is -0.492 e. The number of nitrogens with one attached hydrogen (secondary N) is 2. The lowest BCUT2D eigenvalue weighted by molar-refractivity contribution is 0.00578. The number of benzene rings is 2. The van der Waals surface area contributed by atoms with Crippen LogP contribution in [-0.4, -0.2) is 45.9 Å². The van der Waals surface area contributed by atoms with E-state index >= 15 is 0 Å². The van der Waals surface area contributed by atoms with Crippen LogP contribution < -0.4 is 20.2 Å². The van der Waals surface area contributed by atoms with Gasteiger partial charge in [-0.3, -0.25) is 0 Å². The van der Waals surface area contributed by atoms with E-state index in [-0.39, 0.29) is 18.0 Å². The average Bonchev–Trinajstić information content (AvgIpc) is 2.93. The van der Waals surface area contributed by atoms with E-state index in [1.165, 1.54) is 12.1 Å². The van der Waals surface area contributed by atoms with Gasteiger partial charge in [0.15, 0.2) is 0 Å². The lowest BCUT2D eigenvalue weighted by Crippen LogP contribution is -2.41. The molecule has 0 unspecified atom stereocenters. The molecule has 0 atom stereocenters. The number of hydrogen-bond donors (Lipinski definition) is 2. The van der Waals surface area contributed by atoms with E-state index in [4.69, 9.17) is 14.0 Å². The molecule has 1 fully saturated rings. The largest absolute Gasteiger partial charge is 0.494 e. The minimum atomic E-state index is -3.92. The SMILES string of the molecule is Cc1ccc(S(=O)(=O)NC(=O)NCCOc2ccc(B3OC(C)(C)C(C)(C)O3)cc2)cc1. The van der Waals surface area contributed by atoms with E-state index in [1.54, 1.807) is 24.3 Å². The first-order valence-electron chi connectivity index (χ1n) is 10.4. The molecule has 1 aliphatic heterocycles. The summed E-state index contributed by atoms with van der Waals surface area (Å²) >= 11 is 0. The van der Waals surface area contributed by atoms with Crippen molar-refractivity contribution in [2.75, 3.05) is 13.2 Å². The Morgan fingerprint density at radius 2 is 1.53 bits per heavy atom. The molecule has 3 rings (SSSR count). The number of aryl methyl sites for hydroxylation is 1. The first-order valence-corrected chi connectivity index (χ1v) is 11.8. The molecular formula is C22H29BN2O6S. The summed E-state index contributed by atoms with van der Waals surface area (Å²) in [5, 5.41) is 2.47. The number of hydrogen-bond acceptors (Lipinski definition) is 6. The summed E-state index contributed by atoms with van der Waals surface area (Å²) in [6.45, 7) is 10.2. The third-order valence-corrected chi connectivity index (χ3v) is 6.97. The highest BCUT2D eigenvalue weighted by atomic mass is 32.2. The molecular weight excluding hydrogens is 431 g/mol. The van der Waals surface area contributed by atoms with Crippen molar-refractivity contribution in [1.82, 2.24) is 10.0 Å². The molecule has 0 aliphatic carbocycles. The molecule has 2 aromatic carbocycles. The molecule has 10 heteroatoms. The van der Waals surface area contributed by atoms with Crippen molar-refractivity contribution in [3.8, 4) is 5.75 Å². The Hall–Kier alpha value is -2.56. The molecule has 0 saturated carbocycles. The van der Waals surface area contributed by atoms with Crippen LogP contribution in [0.2, 0.25) is 0 Å². The summed E-state index contributed by atoms with van der Waals surface area (Å²) in [7, 11) is -4.37. The van der Waals surface area contributed by atoms with Gasteiger partial charge in [-0.25, -0.2) is 17.9 Å². The van der Waals surface area contributed by atoms with Crippen molar-refractivity contribution >= 4 is 28.6 Å². The predicted molar refractivity (Wildman–Crippen MR) is 123 cm³/mol. The third-order valence-electron chi connectivity index (χ3n) is 5.62. The summed E-state index contributed by atoms with van der Waals surface area (Å²) in [4.78, 5) is 11.9. The van der Waals surface area contributed by atoms with Crippen LogP contribution in [0.5, 0.6) is 5.75 Å². The van der Waals surface area contributed by atoms with Gasteiger partial charge in [-0.05, 0) is 64.3 Å². The van der Waals surface area contributed by atoms with Gasteiger partial charge in [0.05, 0.1) is 22.6 Å². The Kier molecular flexibility index (Phi) is 6.87. The van der Waals surface area contributed by atoms with Crippen molar-refractivity contribution in [2.24, 2.45) is 0 Å². The fourth-order valence-electron chi connectivity index (χ4n) is 2.97. The first-order chi connectivity index (χ1) is 14.9. The van der Waals surface area contributed by atoms with Crippen LogP contribution in [0.4, 0.5) is 4.79 Å². The molecule has 0 bridgehead atoms.